The molecule has 0 radical (unpaired) electrons. The number of nitrogens with zero attached hydrogens (tertiary/aromatic N) is 2. The average molecular weight is 336 g/mol. The normalized spacial score (nSPS) is 20.6. The Morgan fingerprint density at radius 2 is 1.76 bits per heavy atom. The third kappa shape index (κ3) is 4.72. The van der Waals surface area contributed by atoms with Crippen LogP contribution in [0.5, 0.6) is 0 Å². The number of carbonyl (C=O) groups is 1. The number of hydrogen-bond donors (Lipinski definition) is 1. The van der Waals surface area contributed by atoms with Gasteiger partial charge in [0.25, 0.3) is 7.52 Å². The molecule has 21 heavy (non-hydrogen) atoms. The van der Waals surface area contributed by atoms with E-state index < -0.39 is 12.7 Å². The molecule has 0 N–H and O–H groups in total. The quantitative estimate of drug-likeness (QED) is 0.619. The van der Waals surface area contributed by atoms with E-state index in [1.54, 1.807) is 4.90 Å². The second kappa shape index (κ2) is 7.49. The summed E-state index contributed by atoms with van der Waals surface area (Å²) >= 11 is 4.02. The van der Waals surface area contributed by atoms with E-state index in [-0.39, 0.29) is 11.7 Å². The molecule has 7 heteroatoms. The molecular weight excluding hydrogens is 307 g/mol. The summed E-state index contributed by atoms with van der Waals surface area (Å²) in [5.41, 5.74) is 0. The van der Waals surface area contributed by atoms with Crippen molar-refractivity contribution in [3.8, 4) is 0 Å². The number of piperazine rings is 1. The van der Waals surface area contributed by atoms with Gasteiger partial charge in [-0.1, -0.05) is 13.8 Å². The van der Waals surface area contributed by atoms with Crippen LogP contribution in [-0.2, 0) is 13.9 Å². The zero-order valence-corrected chi connectivity index (χ0v) is 15.6. The van der Waals surface area contributed by atoms with Crippen LogP contribution < -0.4 is 0 Å². The van der Waals surface area contributed by atoms with Crippen LogP contribution in [0.3, 0.4) is 0 Å². The molecule has 124 valence electrons. The largest absolute Gasteiger partial charge is 0.339 e. The van der Waals surface area contributed by atoms with Crippen LogP contribution in [0.25, 0.3) is 0 Å². The van der Waals surface area contributed by atoms with E-state index >= 15 is 0 Å². The molecule has 1 atom stereocenters. The summed E-state index contributed by atoms with van der Waals surface area (Å²) in [7, 11) is -2.92. The standard InChI is InChI=1S/C14H29N2O3PS/c1-12(2)10-19-20(18,14(3,4)5)16-8-6-15(7-9-16)13(17)11-21/h12,21H,6-11H2,1-5H3. The Hall–Kier alpha value is -0.0300. The number of carbonyl (C=O) groups excluding carboxylic acids is 1. The average Bonchev–Trinajstić information content (AvgIpc) is 2.42. The lowest BCUT2D eigenvalue weighted by Gasteiger charge is -2.43. The summed E-state index contributed by atoms with van der Waals surface area (Å²) < 4.78 is 21.2. The maximum absolute atomic E-state index is 13.4. The van der Waals surface area contributed by atoms with Gasteiger partial charge >= 0.3 is 0 Å². The van der Waals surface area contributed by atoms with Gasteiger partial charge in [0.05, 0.1) is 17.5 Å². The van der Waals surface area contributed by atoms with Gasteiger partial charge in [0, 0.05) is 26.2 Å². The van der Waals surface area contributed by atoms with Crippen molar-refractivity contribution in [3.63, 3.8) is 0 Å². The number of amides is 1. The molecule has 1 heterocycles. The van der Waals surface area contributed by atoms with Crippen molar-refractivity contribution in [2.24, 2.45) is 5.92 Å². The zero-order valence-electron chi connectivity index (χ0n) is 13.8. The third-order valence-corrected chi connectivity index (χ3v) is 7.16. The van der Waals surface area contributed by atoms with Gasteiger partial charge in [-0.2, -0.15) is 12.6 Å². The minimum Gasteiger partial charge on any atom is -0.339 e. The minimum absolute atomic E-state index is 0.0340. The molecule has 0 aliphatic carbocycles. The summed E-state index contributed by atoms with van der Waals surface area (Å²) in [5.74, 6) is 0.597. The fourth-order valence-electron chi connectivity index (χ4n) is 2.26. The number of hydrogen-bond acceptors (Lipinski definition) is 4. The van der Waals surface area contributed by atoms with Gasteiger partial charge in [-0.25, -0.2) is 4.67 Å². The molecule has 5 nitrogen and oxygen atoms in total. The first-order valence-corrected chi connectivity index (χ1v) is 9.71. The number of thiol groups is 1. The van der Waals surface area contributed by atoms with Crippen LogP contribution in [0.2, 0.25) is 0 Å². The molecule has 0 aromatic heterocycles. The predicted octanol–water partition coefficient (Wildman–Crippen LogP) is 2.72. The van der Waals surface area contributed by atoms with Crippen molar-refractivity contribution in [3.05, 3.63) is 0 Å². The predicted molar refractivity (Wildman–Crippen MR) is 90.2 cm³/mol. The van der Waals surface area contributed by atoms with Gasteiger partial charge < -0.3 is 9.42 Å². The zero-order chi connectivity index (χ0) is 16.3. The van der Waals surface area contributed by atoms with Crippen molar-refractivity contribution < 1.29 is 13.9 Å². The Balaban J connectivity index is 2.79. The molecule has 1 saturated heterocycles. The van der Waals surface area contributed by atoms with Crippen molar-refractivity contribution in [1.29, 1.82) is 0 Å². The first-order valence-electron chi connectivity index (χ1n) is 7.50. The highest BCUT2D eigenvalue weighted by Gasteiger charge is 2.44. The van der Waals surface area contributed by atoms with Crippen LogP contribution in [0.15, 0.2) is 0 Å². The van der Waals surface area contributed by atoms with Gasteiger partial charge in [0.15, 0.2) is 0 Å². The molecule has 1 aliphatic heterocycles. The van der Waals surface area contributed by atoms with Gasteiger partial charge in [-0.15, -0.1) is 0 Å². The SMILES string of the molecule is CC(C)COP(=O)(N1CCN(C(=O)CS)CC1)C(C)(C)C. The van der Waals surface area contributed by atoms with E-state index in [9.17, 15) is 9.36 Å². The van der Waals surface area contributed by atoms with Crippen LogP contribution in [0, 0.1) is 5.92 Å². The highest BCUT2D eigenvalue weighted by molar-refractivity contribution is 7.81. The third-order valence-electron chi connectivity index (χ3n) is 3.55. The Bertz CT molecular complexity index is 402. The molecular formula is C14H29N2O3PS. The smallest absolute Gasteiger partial charge is 0.277 e. The van der Waals surface area contributed by atoms with Crippen LogP contribution in [0.1, 0.15) is 34.6 Å². The Morgan fingerprint density at radius 1 is 1.24 bits per heavy atom. The molecule has 0 saturated carbocycles. The monoisotopic (exact) mass is 336 g/mol. The van der Waals surface area contributed by atoms with Gasteiger partial charge in [-0.3, -0.25) is 9.36 Å². The molecule has 0 aromatic carbocycles. The first-order chi connectivity index (χ1) is 9.61. The highest BCUT2D eigenvalue weighted by atomic mass is 32.1. The van der Waals surface area contributed by atoms with Crippen molar-refractivity contribution in [1.82, 2.24) is 9.57 Å². The molecule has 1 amide bonds. The summed E-state index contributed by atoms with van der Waals surface area (Å²) in [5, 5.41) is -0.433. The molecule has 1 fully saturated rings. The molecule has 1 unspecified atom stereocenters. The lowest BCUT2D eigenvalue weighted by atomic mass is 10.2. The van der Waals surface area contributed by atoms with E-state index in [0.29, 0.717) is 38.7 Å². The molecule has 0 aromatic rings. The molecule has 1 aliphatic rings. The van der Waals surface area contributed by atoms with Gasteiger partial charge in [-0.05, 0) is 26.7 Å². The second-order valence-corrected chi connectivity index (χ2v) is 10.4. The Labute approximate surface area is 134 Å². The van der Waals surface area contributed by atoms with E-state index in [0.717, 1.165) is 0 Å². The lowest BCUT2D eigenvalue weighted by Crippen LogP contribution is -2.49. The Kier molecular flexibility index (Phi) is 6.79. The molecule has 0 bridgehead atoms. The fraction of sp³-hybridized carbons (Fsp3) is 0.929. The van der Waals surface area contributed by atoms with E-state index in [1.807, 2.05) is 25.4 Å². The van der Waals surface area contributed by atoms with Crippen molar-refractivity contribution in [2.75, 3.05) is 38.5 Å². The van der Waals surface area contributed by atoms with E-state index in [4.69, 9.17) is 4.52 Å². The maximum Gasteiger partial charge on any atom is 0.277 e. The summed E-state index contributed by atoms with van der Waals surface area (Å²) in [6, 6.07) is 0. The topological polar surface area (TPSA) is 49.9 Å². The van der Waals surface area contributed by atoms with Crippen molar-refractivity contribution >= 4 is 26.1 Å². The van der Waals surface area contributed by atoms with Crippen LogP contribution >= 0.6 is 20.1 Å². The van der Waals surface area contributed by atoms with E-state index in [1.165, 1.54) is 0 Å². The summed E-state index contributed by atoms with van der Waals surface area (Å²) in [4.78, 5) is 13.4. The van der Waals surface area contributed by atoms with Gasteiger partial charge in [0.1, 0.15) is 0 Å². The minimum atomic E-state index is -2.92. The highest BCUT2D eigenvalue weighted by Crippen LogP contribution is 2.61. The lowest BCUT2D eigenvalue weighted by molar-refractivity contribution is -0.129. The van der Waals surface area contributed by atoms with E-state index in [2.05, 4.69) is 26.5 Å². The first kappa shape index (κ1) is 19.0. The van der Waals surface area contributed by atoms with Crippen molar-refractivity contribution in [2.45, 2.75) is 39.8 Å². The summed E-state index contributed by atoms with van der Waals surface area (Å²) in [6.07, 6.45) is 0. The Morgan fingerprint density at radius 3 is 2.14 bits per heavy atom. The molecule has 0 spiro atoms. The van der Waals surface area contributed by atoms with Gasteiger partial charge in [0.2, 0.25) is 5.91 Å². The maximum atomic E-state index is 13.4. The number of rotatable bonds is 5. The van der Waals surface area contributed by atoms with Crippen LogP contribution in [-0.4, -0.2) is 59.2 Å². The molecule has 1 rings (SSSR count). The van der Waals surface area contributed by atoms with Crippen LogP contribution in [0.4, 0.5) is 0 Å². The fourth-order valence-corrected chi connectivity index (χ4v) is 5.06. The summed E-state index contributed by atoms with van der Waals surface area (Å²) in [6.45, 7) is 12.8. The second-order valence-electron chi connectivity index (χ2n) is 6.87.